The molecular weight excluding hydrogens is 280 g/mol. The van der Waals surface area contributed by atoms with Crippen molar-refractivity contribution < 1.29 is 23.5 Å². The summed E-state index contributed by atoms with van der Waals surface area (Å²) in [7, 11) is 0. The number of anilines is 1. The van der Waals surface area contributed by atoms with Crippen LogP contribution in [0, 0.1) is 11.6 Å². The fourth-order valence-corrected chi connectivity index (χ4v) is 2.32. The third kappa shape index (κ3) is 1.92. The standard InChI is InChI=1S/C15H9F2NO3/c16-11-5-9-10(6-12(11)17)15(21)18(14(9)20)13-4-2-1-3-8(13)7-19/h1-6,19H,7H2. The zero-order valence-electron chi connectivity index (χ0n) is 10.6. The fourth-order valence-electron chi connectivity index (χ4n) is 2.32. The molecule has 0 fully saturated rings. The lowest BCUT2D eigenvalue weighted by Crippen LogP contribution is -2.30. The van der Waals surface area contributed by atoms with Gasteiger partial charge in [-0.2, -0.15) is 0 Å². The predicted octanol–water partition coefficient (Wildman–Crippen LogP) is 2.26. The van der Waals surface area contributed by atoms with E-state index in [0.717, 1.165) is 4.90 Å². The quantitative estimate of drug-likeness (QED) is 0.863. The normalized spacial score (nSPS) is 13.8. The van der Waals surface area contributed by atoms with Crippen LogP contribution < -0.4 is 4.90 Å². The number of imide groups is 1. The summed E-state index contributed by atoms with van der Waals surface area (Å²) < 4.78 is 26.5. The Morgan fingerprint density at radius 1 is 0.952 bits per heavy atom. The van der Waals surface area contributed by atoms with E-state index in [9.17, 15) is 23.5 Å². The van der Waals surface area contributed by atoms with Crippen LogP contribution >= 0.6 is 0 Å². The molecule has 0 saturated carbocycles. The SMILES string of the molecule is O=C1c2cc(F)c(F)cc2C(=O)N1c1ccccc1CO. The molecule has 0 spiro atoms. The van der Waals surface area contributed by atoms with E-state index >= 15 is 0 Å². The Morgan fingerprint density at radius 2 is 1.48 bits per heavy atom. The largest absolute Gasteiger partial charge is 0.392 e. The van der Waals surface area contributed by atoms with Crippen molar-refractivity contribution in [1.82, 2.24) is 0 Å². The number of hydrogen-bond acceptors (Lipinski definition) is 3. The van der Waals surface area contributed by atoms with Crippen molar-refractivity contribution in [3.05, 3.63) is 64.7 Å². The highest BCUT2D eigenvalue weighted by Gasteiger charge is 2.38. The van der Waals surface area contributed by atoms with Crippen molar-refractivity contribution in [1.29, 1.82) is 0 Å². The zero-order chi connectivity index (χ0) is 15.1. The number of nitrogens with zero attached hydrogens (tertiary/aromatic N) is 1. The van der Waals surface area contributed by atoms with Crippen molar-refractivity contribution in [3.63, 3.8) is 0 Å². The lowest BCUT2D eigenvalue weighted by atomic mass is 10.1. The lowest BCUT2D eigenvalue weighted by molar-refractivity contribution is 0.0925. The number of para-hydroxylation sites is 1. The molecular formula is C15H9F2NO3. The highest BCUT2D eigenvalue weighted by molar-refractivity contribution is 6.34. The van der Waals surface area contributed by atoms with Gasteiger partial charge in [0.2, 0.25) is 0 Å². The minimum Gasteiger partial charge on any atom is -0.392 e. The first-order chi connectivity index (χ1) is 10.0. The van der Waals surface area contributed by atoms with Crippen molar-refractivity contribution in [2.24, 2.45) is 0 Å². The van der Waals surface area contributed by atoms with Crippen LogP contribution in [0.2, 0.25) is 0 Å². The Morgan fingerprint density at radius 3 is 2.00 bits per heavy atom. The van der Waals surface area contributed by atoms with Crippen LogP contribution in [-0.2, 0) is 6.61 Å². The molecule has 21 heavy (non-hydrogen) atoms. The monoisotopic (exact) mass is 289 g/mol. The Labute approximate surface area is 118 Å². The van der Waals surface area contributed by atoms with Crippen molar-refractivity contribution in [2.45, 2.75) is 6.61 Å². The molecule has 6 heteroatoms. The van der Waals surface area contributed by atoms with Crippen LogP contribution in [0.15, 0.2) is 36.4 Å². The van der Waals surface area contributed by atoms with Gasteiger partial charge in [-0.1, -0.05) is 18.2 Å². The number of benzene rings is 2. The van der Waals surface area contributed by atoms with E-state index in [1.54, 1.807) is 18.2 Å². The van der Waals surface area contributed by atoms with Crippen molar-refractivity contribution in [3.8, 4) is 0 Å². The Bertz CT molecular complexity index is 733. The fraction of sp³-hybridized carbons (Fsp3) is 0.0667. The number of aliphatic hydroxyl groups is 1. The van der Waals surface area contributed by atoms with Gasteiger partial charge in [0.1, 0.15) is 0 Å². The molecule has 1 N–H and O–H groups in total. The van der Waals surface area contributed by atoms with Crippen molar-refractivity contribution in [2.75, 3.05) is 4.90 Å². The molecule has 0 aromatic heterocycles. The number of amides is 2. The first-order valence-electron chi connectivity index (χ1n) is 6.11. The minimum absolute atomic E-state index is 0.188. The minimum atomic E-state index is -1.19. The van der Waals surface area contributed by atoms with Crippen LogP contribution in [-0.4, -0.2) is 16.9 Å². The summed E-state index contributed by atoms with van der Waals surface area (Å²) in [5.74, 6) is -3.86. The number of fused-ring (bicyclic) bond motifs is 1. The summed E-state index contributed by atoms with van der Waals surface area (Å²) in [4.78, 5) is 25.4. The maximum atomic E-state index is 13.3. The van der Waals surface area contributed by atoms with E-state index in [0.29, 0.717) is 17.7 Å². The summed E-state index contributed by atoms with van der Waals surface area (Å²) in [5.41, 5.74) is 0.193. The molecule has 2 amide bonds. The van der Waals surface area contributed by atoms with Crippen molar-refractivity contribution >= 4 is 17.5 Å². The number of carbonyl (C=O) groups excluding carboxylic acids is 2. The Hall–Kier alpha value is -2.60. The molecule has 3 rings (SSSR count). The van der Waals surface area contributed by atoms with Gasteiger partial charge < -0.3 is 5.11 Å². The Kier molecular flexibility index (Phi) is 3.03. The van der Waals surface area contributed by atoms with Gasteiger partial charge in [0.05, 0.1) is 23.4 Å². The smallest absolute Gasteiger partial charge is 0.266 e. The highest BCUT2D eigenvalue weighted by Crippen LogP contribution is 2.31. The van der Waals surface area contributed by atoms with Crippen LogP contribution in [0.1, 0.15) is 26.3 Å². The predicted molar refractivity (Wildman–Crippen MR) is 69.9 cm³/mol. The number of aliphatic hydroxyl groups excluding tert-OH is 1. The molecule has 106 valence electrons. The van der Waals surface area contributed by atoms with E-state index in [2.05, 4.69) is 0 Å². The lowest BCUT2D eigenvalue weighted by Gasteiger charge is -2.16. The first-order valence-corrected chi connectivity index (χ1v) is 6.11. The molecule has 2 aromatic carbocycles. The number of carbonyl (C=O) groups is 2. The van der Waals surface area contributed by atoms with E-state index in [4.69, 9.17) is 0 Å². The molecule has 0 unspecified atom stereocenters. The second-order valence-corrected chi connectivity index (χ2v) is 4.54. The molecule has 1 aliphatic rings. The summed E-state index contributed by atoms with van der Waals surface area (Å²) in [5, 5.41) is 9.29. The van der Waals surface area contributed by atoms with E-state index < -0.39 is 23.4 Å². The summed E-state index contributed by atoms with van der Waals surface area (Å²) in [6.07, 6.45) is 0. The molecule has 2 aromatic rings. The second-order valence-electron chi connectivity index (χ2n) is 4.54. The van der Waals surface area contributed by atoms with Gasteiger partial charge in [-0.05, 0) is 18.2 Å². The molecule has 0 radical (unpaired) electrons. The molecule has 0 saturated heterocycles. The molecule has 0 aliphatic carbocycles. The molecule has 4 nitrogen and oxygen atoms in total. The van der Waals surface area contributed by atoms with Crippen LogP contribution in [0.25, 0.3) is 0 Å². The summed E-state index contributed by atoms with van der Waals surface area (Å²) in [6, 6.07) is 7.71. The molecule has 0 bridgehead atoms. The van der Waals surface area contributed by atoms with Gasteiger partial charge in [-0.15, -0.1) is 0 Å². The topological polar surface area (TPSA) is 57.6 Å². The summed E-state index contributed by atoms with van der Waals surface area (Å²) in [6.45, 7) is -0.369. The first kappa shape index (κ1) is 13.4. The third-order valence-corrected chi connectivity index (χ3v) is 3.33. The van der Waals surface area contributed by atoms with Crippen LogP contribution in [0.5, 0.6) is 0 Å². The van der Waals surface area contributed by atoms with Crippen LogP contribution in [0.4, 0.5) is 14.5 Å². The second kappa shape index (κ2) is 4.75. The highest BCUT2D eigenvalue weighted by atomic mass is 19.2. The molecule has 1 heterocycles. The maximum Gasteiger partial charge on any atom is 0.266 e. The van der Waals surface area contributed by atoms with E-state index in [1.165, 1.54) is 6.07 Å². The van der Waals surface area contributed by atoms with Gasteiger partial charge in [-0.25, -0.2) is 13.7 Å². The number of rotatable bonds is 2. The Balaban J connectivity index is 2.16. The van der Waals surface area contributed by atoms with Gasteiger partial charge >= 0.3 is 0 Å². The number of hydrogen-bond donors (Lipinski definition) is 1. The van der Waals surface area contributed by atoms with Gasteiger partial charge in [0.25, 0.3) is 11.8 Å². The van der Waals surface area contributed by atoms with Gasteiger partial charge in [0, 0.05) is 5.56 Å². The number of halogens is 2. The van der Waals surface area contributed by atoms with Crippen LogP contribution in [0.3, 0.4) is 0 Å². The third-order valence-electron chi connectivity index (χ3n) is 3.33. The zero-order valence-corrected chi connectivity index (χ0v) is 10.6. The summed E-state index contributed by atoms with van der Waals surface area (Å²) >= 11 is 0. The average molecular weight is 289 g/mol. The van der Waals surface area contributed by atoms with E-state index in [-0.39, 0.29) is 23.4 Å². The maximum absolute atomic E-state index is 13.3. The molecule has 1 aliphatic heterocycles. The van der Waals surface area contributed by atoms with Gasteiger partial charge in [-0.3, -0.25) is 9.59 Å². The average Bonchev–Trinajstić information content (AvgIpc) is 2.71. The van der Waals surface area contributed by atoms with E-state index in [1.807, 2.05) is 0 Å². The molecule has 0 atom stereocenters. The van der Waals surface area contributed by atoms with Gasteiger partial charge in [0.15, 0.2) is 11.6 Å².